The second-order valence-electron chi connectivity index (χ2n) is 6.19. The highest BCUT2D eigenvalue weighted by Gasteiger charge is 2.07. The minimum atomic E-state index is 0. The molecule has 0 spiro atoms. The van der Waals surface area contributed by atoms with E-state index in [9.17, 15) is 0 Å². The first-order valence-corrected chi connectivity index (χ1v) is 9.89. The Balaban J connectivity index is 0.00000280. The zero-order valence-electron chi connectivity index (χ0n) is 16.4. The molecule has 0 radical (unpaired) electrons. The van der Waals surface area contributed by atoms with E-state index in [0.717, 1.165) is 41.6 Å². The summed E-state index contributed by atoms with van der Waals surface area (Å²) in [6.07, 6.45) is 5.56. The van der Waals surface area contributed by atoms with Crippen molar-refractivity contribution in [2.75, 3.05) is 13.6 Å². The van der Waals surface area contributed by atoms with E-state index in [1.807, 2.05) is 18.3 Å². The van der Waals surface area contributed by atoms with Gasteiger partial charge in [0.15, 0.2) is 5.96 Å². The van der Waals surface area contributed by atoms with E-state index in [4.69, 9.17) is 4.42 Å². The van der Waals surface area contributed by atoms with E-state index >= 15 is 0 Å². The number of guanidine groups is 1. The monoisotopic (exact) mass is 511 g/mol. The zero-order valence-corrected chi connectivity index (χ0v) is 19.5. The largest absolute Gasteiger partial charge is 0.444 e. The van der Waals surface area contributed by atoms with Crippen LogP contribution in [0.4, 0.5) is 0 Å². The van der Waals surface area contributed by atoms with Gasteiger partial charge < -0.3 is 15.1 Å². The van der Waals surface area contributed by atoms with Crippen LogP contribution in [-0.2, 0) is 19.4 Å². The van der Waals surface area contributed by atoms with Crippen molar-refractivity contribution in [3.63, 3.8) is 0 Å². The molecule has 0 fully saturated rings. The summed E-state index contributed by atoms with van der Waals surface area (Å²) in [5.41, 5.74) is 3.02. The van der Waals surface area contributed by atoms with Gasteiger partial charge in [0, 0.05) is 36.7 Å². The number of halogens is 1. The van der Waals surface area contributed by atoms with Crippen molar-refractivity contribution in [3.8, 4) is 11.5 Å². The molecule has 2 N–H and O–H groups in total. The summed E-state index contributed by atoms with van der Waals surface area (Å²) in [7, 11) is 1.76. The maximum absolute atomic E-state index is 5.59. The Kier molecular flexibility index (Phi) is 8.91. The minimum absolute atomic E-state index is 0. The van der Waals surface area contributed by atoms with Crippen molar-refractivity contribution in [1.29, 1.82) is 0 Å². The summed E-state index contributed by atoms with van der Waals surface area (Å²) in [6, 6.07) is 8.13. The lowest BCUT2D eigenvalue weighted by Crippen LogP contribution is -2.37. The van der Waals surface area contributed by atoms with E-state index in [1.54, 1.807) is 24.6 Å². The normalized spacial score (nSPS) is 11.2. The third-order valence-corrected chi connectivity index (χ3v) is 5.29. The zero-order chi connectivity index (χ0) is 19.1. The van der Waals surface area contributed by atoms with Crippen LogP contribution in [0, 0.1) is 6.92 Å². The molecule has 0 saturated carbocycles. The van der Waals surface area contributed by atoms with Gasteiger partial charge in [-0.25, -0.2) is 9.97 Å². The first-order valence-electron chi connectivity index (χ1n) is 9.07. The van der Waals surface area contributed by atoms with Crippen LogP contribution in [0.15, 0.2) is 46.1 Å². The number of rotatable bonds is 7. The van der Waals surface area contributed by atoms with Gasteiger partial charge in [0.25, 0.3) is 0 Å². The van der Waals surface area contributed by atoms with Gasteiger partial charge in [-0.15, -0.1) is 35.3 Å². The summed E-state index contributed by atoms with van der Waals surface area (Å²) < 4.78 is 5.59. The average molecular weight is 511 g/mol. The highest BCUT2D eigenvalue weighted by molar-refractivity contribution is 14.0. The smallest absolute Gasteiger partial charge is 0.226 e. The third kappa shape index (κ3) is 6.30. The van der Waals surface area contributed by atoms with Crippen molar-refractivity contribution in [2.45, 2.75) is 33.2 Å². The van der Waals surface area contributed by atoms with Crippen LogP contribution < -0.4 is 10.6 Å². The Morgan fingerprint density at radius 1 is 1.21 bits per heavy atom. The molecule has 2 aromatic heterocycles. The molecule has 3 rings (SSSR count). The van der Waals surface area contributed by atoms with Crippen LogP contribution in [0.3, 0.4) is 0 Å². The van der Waals surface area contributed by atoms with E-state index in [1.165, 1.54) is 10.4 Å². The molecule has 0 atom stereocenters. The first kappa shape index (κ1) is 22.4. The Morgan fingerprint density at radius 2 is 2.00 bits per heavy atom. The van der Waals surface area contributed by atoms with Gasteiger partial charge in [-0.1, -0.05) is 24.6 Å². The second-order valence-corrected chi connectivity index (χ2v) is 7.39. The predicted molar refractivity (Wildman–Crippen MR) is 125 cm³/mol. The highest BCUT2D eigenvalue weighted by atomic mass is 127. The molecule has 6 nitrogen and oxygen atoms in total. The lowest BCUT2D eigenvalue weighted by molar-refractivity contribution is 0.572. The van der Waals surface area contributed by atoms with Crippen LogP contribution in [0.1, 0.15) is 28.1 Å². The molecule has 0 amide bonds. The van der Waals surface area contributed by atoms with E-state index < -0.39 is 0 Å². The van der Waals surface area contributed by atoms with E-state index in [2.05, 4.69) is 51.6 Å². The topological polar surface area (TPSA) is 75.3 Å². The number of aliphatic imine (C=N–C) groups is 1. The molecular formula is C20H26IN5OS. The number of oxazole rings is 1. The molecule has 0 saturated heterocycles. The number of benzene rings is 1. The van der Waals surface area contributed by atoms with Crippen molar-refractivity contribution >= 4 is 41.3 Å². The van der Waals surface area contributed by atoms with Gasteiger partial charge in [-0.2, -0.15) is 0 Å². The molecule has 2 heterocycles. The third-order valence-electron chi connectivity index (χ3n) is 4.09. The van der Waals surface area contributed by atoms with Crippen molar-refractivity contribution in [3.05, 3.63) is 57.9 Å². The fourth-order valence-corrected chi connectivity index (χ4v) is 3.39. The number of thiazole rings is 1. The van der Waals surface area contributed by atoms with Crippen molar-refractivity contribution < 1.29 is 4.42 Å². The highest BCUT2D eigenvalue weighted by Crippen LogP contribution is 2.19. The molecule has 0 bridgehead atoms. The second kappa shape index (κ2) is 11.2. The lowest BCUT2D eigenvalue weighted by atomic mass is 10.1. The standard InChI is InChI=1S/C20H25N5OS.HI/c1-4-17-12-23-18(27-17)9-10-22-20(21-3)24-11-16-13-26-19(25-16)15-7-5-14(2)6-8-15;/h5-8,12-13H,4,9-11H2,1-3H3,(H2,21,22,24);1H. The Morgan fingerprint density at radius 3 is 2.68 bits per heavy atom. The summed E-state index contributed by atoms with van der Waals surface area (Å²) >= 11 is 1.77. The van der Waals surface area contributed by atoms with Gasteiger partial charge in [-0.3, -0.25) is 4.99 Å². The summed E-state index contributed by atoms with van der Waals surface area (Å²) in [4.78, 5) is 14.5. The number of nitrogens with one attached hydrogen (secondary N) is 2. The Bertz CT molecular complexity index is 888. The van der Waals surface area contributed by atoms with Crippen LogP contribution in [0.2, 0.25) is 0 Å². The molecular weight excluding hydrogens is 485 g/mol. The Hall–Kier alpha value is -1.94. The van der Waals surface area contributed by atoms with E-state index in [-0.39, 0.29) is 24.0 Å². The molecule has 150 valence electrons. The van der Waals surface area contributed by atoms with Gasteiger partial charge in [-0.05, 0) is 25.5 Å². The van der Waals surface area contributed by atoms with Gasteiger partial charge >= 0.3 is 0 Å². The predicted octanol–water partition coefficient (Wildman–Crippen LogP) is 4.19. The molecule has 28 heavy (non-hydrogen) atoms. The van der Waals surface area contributed by atoms with E-state index in [0.29, 0.717) is 12.4 Å². The lowest BCUT2D eigenvalue weighted by Gasteiger charge is -2.09. The molecule has 0 aliphatic heterocycles. The molecule has 0 unspecified atom stereocenters. The SMILES string of the molecule is CCc1cnc(CCNC(=NC)NCc2coc(-c3ccc(C)cc3)n2)s1.I. The molecule has 8 heteroatoms. The Labute approximate surface area is 186 Å². The molecule has 3 aromatic rings. The van der Waals surface area contributed by atoms with Crippen LogP contribution in [0.25, 0.3) is 11.5 Å². The van der Waals surface area contributed by atoms with Crippen molar-refractivity contribution in [2.24, 2.45) is 4.99 Å². The molecule has 0 aliphatic rings. The van der Waals surface area contributed by atoms with Gasteiger partial charge in [0.1, 0.15) is 6.26 Å². The molecule has 1 aromatic carbocycles. The number of hydrogen-bond acceptors (Lipinski definition) is 5. The van der Waals surface area contributed by atoms with Gasteiger partial charge in [0.05, 0.1) is 17.2 Å². The number of aromatic nitrogens is 2. The maximum Gasteiger partial charge on any atom is 0.226 e. The van der Waals surface area contributed by atoms with Crippen LogP contribution >= 0.6 is 35.3 Å². The number of nitrogens with zero attached hydrogens (tertiary/aromatic N) is 3. The minimum Gasteiger partial charge on any atom is -0.444 e. The quantitative estimate of drug-likeness (QED) is 0.283. The first-order chi connectivity index (χ1) is 13.2. The summed E-state index contributed by atoms with van der Waals surface area (Å²) in [5.74, 6) is 1.37. The van der Waals surface area contributed by atoms with Crippen LogP contribution in [-0.4, -0.2) is 29.5 Å². The fraction of sp³-hybridized carbons (Fsp3) is 0.350. The summed E-state index contributed by atoms with van der Waals surface area (Å²) in [6.45, 7) is 5.54. The number of aryl methyl sites for hydroxylation is 2. The molecule has 0 aliphatic carbocycles. The van der Waals surface area contributed by atoms with Crippen LogP contribution in [0.5, 0.6) is 0 Å². The average Bonchev–Trinajstić information content (AvgIpc) is 3.34. The fourth-order valence-electron chi connectivity index (χ4n) is 2.53. The van der Waals surface area contributed by atoms with Gasteiger partial charge in [0.2, 0.25) is 5.89 Å². The summed E-state index contributed by atoms with van der Waals surface area (Å²) in [5, 5.41) is 7.72. The number of hydrogen-bond donors (Lipinski definition) is 2. The maximum atomic E-state index is 5.59. The van der Waals surface area contributed by atoms with Crippen molar-refractivity contribution in [1.82, 2.24) is 20.6 Å².